The number of ether oxygens (including phenoxy) is 1. The van der Waals surface area contributed by atoms with Gasteiger partial charge in [-0.25, -0.2) is 0 Å². The van der Waals surface area contributed by atoms with Gasteiger partial charge in [0.25, 0.3) is 0 Å². The van der Waals surface area contributed by atoms with Crippen LogP contribution in [0.1, 0.15) is 16.8 Å². The molecular weight excluding hydrogens is 260 g/mol. The van der Waals surface area contributed by atoms with E-state index in [1.165, 1.54) is 27.7 Å². The molecule has 0 spiro atoms. The third-order valence-electron chi connectivity index (χ3n) is 4.05. The number of hydrogen-bond donors (Lipinski definition) is 1. The van der Waals surface area contributed by atoms with Crippen molar-refractivity contribution in [2.75, 3.05) is 7.11 Å². The number of nitrogens with zero attached hydrogens (tertiary/aromatic N) is 1. The molecule has 1 aromatic heterocycles. The van der Waals surface area contributed by atoms with E-state index in [0.717, 1.165) is 12.3 Å². The maximum absolute atomic E-state index is 5.96. The van der Waals surface area contributed by atoms with Crippen molar-refractivity contribution in [1.29, 1.82) is 0 Å². The Morgan fingerprint density at radius 1 is 1.10 bits per heavy atom. The summed E-state index contributed by atoms with van der Waals surface area (Å²) in [5.74, 6) is 0.870. The van der Waals surface area contributed by atoms with Gasteiger partial charge in [0, 0.05) is 29.7 Å². The van der Waals surface area contributed by atoms with E-state index in [9.17, 15) is 0 Å². The molecule has 3 aromatic rings. The van der Waals surface area contributed by atoms with Crippen LogP contribution < -0.4 is 10.5 Å². The summed E-state index contributed by atoms with van der Waals surface area (Å²) in [6.45, 7) is 3.53. The Kier molecular flexibility index (Phi) is 3.67. The van der Waals surface area contributed by atoms with E-state index in [2.05, 4.69) is 47.9 Å². The third-order valence-corrected chi connectivity index (χ3v) is 4.05. The normalized spacial score (nSPS) is 11.0. The second-order valence-electron chi connectivity index (χ2n) is 5.22. The largest absolute Gasteiger partial charge is 0.497 e. The second kappa shape index (κ2) is 5.62. The number of nitrogens with two attached hydrogens (primary N) is 1. The number of hydrogen-bond acceptors (Lipinski definition) is 2. The molecule has 0 aliphatic heterocycles. The van der Waals surface area contributed by atoms with Crippen molar-refractivity contribution in [1.82, 2.24) is 4.57 Å². The van der Waals surface area contributed by atoms with Crippen LogP contribution in [0.25, 0.3) is 10.9 Å². The maximum Gasteiger partial charge on any atom is 0.119 e. The van der Waals surface area contributed by atoms with Gasteiger partial charge in [-0.15, -0.1) is 0 Å². The molecule has 1 heterocycles. The molecule has 3 heteroatoms. The standard InChI is InChI=1S/C18H20N2O/c1-13-17(11-19)16-10-15(21-2)8-9-18(16)20(13)12-14-6-4-3-5-7-14/h3-10H,11-12,19H2,1-2H3. The molecule has 108 valence electrons. The number of fused-ring (bicyclic) bond motifs is 1. The Bertz CT molecular complexity index is 760. The van der Waals surface area contributed by atoms with Crippen LogP contribution in [0, 0.1) is 6.92 Å². The van der Waals surface area contributed by atoms with Crippen LogP contribution in [0.3, 0.4) is 0 Å². The van der Waals surface area contributed by atoms with Crippen LogP contribution in [0.2, 0.25) is 0 Å². The van der Waals surface area contributed by atoms with Crippen LogP contribution >= 0.6 is 0 Å². The minimum atomic E-state index is 0.539. The van der Waals surface area contributed by atoms with Gasteiger partial charge in [-0.3, -0.25) is 0 Å². The van der Waals surface area contributed by atoms with Crippen LogP contribution in [-0.2, 0) is 13.1 Å². The van der Waals surface area contributed by atoms with Crippen molar-refractivity contribution in [3.05, 3.63) is 65.4 Å². The Hall–Kier alpha value is -2.26. The lowest BCUT2D eigenvalue weighted by Crippen LogP contribution is -2.04. The molecule has 0 aliphatic rings. The molecule has 21 heavy (non-hydrogen) atoms. The first-order valence-electron chi connectivity index (χ1n) is 7.14. The van der Waals surface area contributed by atoms with E-state index in [0.29, 0.717) is 6.54 Å². The summed E-state index contributed by atoms with van der Waals surface area (Å²) in [5, 5.41) is 1.19. The highest BCUT2D eigenvalue weighted by atomic mass is 16.5. The molecule has 0 aliphatic carbocycles. The average Bonchev–Trinajstić information content (AvgIpc) is 2.79. The van der Waals surface area contributed by atoms with Crippen LogP contribution in [-0.4, -0.2) is 11.7 Å². The molecule has 0 fully saturated rings. The third kappa shape index (κ3) is 2.41. The van der Waals surface area contributed by atoms with Gasteiger partial charge in [0.05, 0.1) is 7.11 Å². The molecule has 0 saturated carbocycles. The minimum Gasteiger partial charge on any atom is -0.497 e. The Balaban J connectivity index is 2.16. The lowest BCUT2D eigenvalue weighted by atomic mass is 10.1. The van der Waals surface area contributed by atoms with Gasteiger partial charge in [0.1, 0.15) is 5.75 Å². The lowest BCUT2D eigenvalue weighted by Gasteiger charge is -2.09. The van der Waals surface area contributed by atoms with Crippen molar-refractivity contribution >= 4 is 10.9 Å². The van der Waals surface area contributed by atoms with Crippen LogP contribution in [0.15, 0.2) is 48.5 Å². The SMILES string of the molecule is COc1ccc2c(c1)c(CN)c(C)n2Cc1ccccc1. The zero-order chi connectivity index (χ0) is 14.8. The van der Waals surface area contributed by atoms with Crippen molar-refractivity contribution in [3.8, 4) is 5.75 Å². The zero-order valence-corrected chi connectivity index (χ0v) is 12.5. The fourth-order valence-corrected chi connectivity index (χ4v) is 2.89. The molecule has 3 rings (SSSR count). The molecule has 2 aromatic carbocycles. The van der Waals surface area contributed by atoms with E-state index < -0.39 is 0 Å². The summed E-state index contributed by atoms with van der Waals surface area (Å²) < 4.78 is 7.66. The van der Waals surface area contributed by atoms with Gasteiger partial charge in [0.15, 0.2) is 0 Å². The fraction of sp³-hybridized carbons (Fsp3) is 0.222. The highest BCUT2D eigenvalue weighted by Crippen LogP contribution is 2.29. The van der Waals surface area contributed by atoms with Crippen LogP contribution in [0.5, 0.6) is 5.75 Å². The summed E-state index contributed by atoms with van der Waals surface area (Å²) in [6.07, 6.45) is 0. The first-order chi connectivity index (χ1) is 10.2. The number of rotatable bonds is 4. The predicted octanol–water partition coefficient (Wildman–Crippen LogP) is 3.47. The first-order valence-corrected chi connectivity index (χ1v) is 7.14. The molecule has 0 radical (unpaired) electrons. The summed E-state index contributed by atoms with van der Waals surface area (Å²) in [5.41, 5.74) is 10.9. The van der Waals surface area contributed by atoms with E-state index >= 15 is 0 Å². The van der Waals surface area contributed by atoms with E-state index in [1.54, 1.807) is 7.11 Å². The quantitative estimate of drug-likeness (QED) is 0.795. The number of aromatic nitrogens is 1. The van der Waals surface area contributed by atoms with Crippen molar-refractivity contribution < 1.29 is 4.74 Å². The molecule has 0 unspecified atom stereocenters. The maximum atomic E-state index is 5.96. The van der Waals surface area contributed by atoms with E-state index in [-0.39, 0.29) is 0 Å². The topological polar surface area (TPSA) is 40.2 Å². The molecule has 3 nitrogen and oxygen atoms in total. The molecule has 0 amide bonds. The van der Waals surface area contributed by atoms with E-state index in [4.69, 9.17) is 10.5 Å². The summed E-state index contributed by atoms with van der Waals surface area (Å²) in [4.78, 5) is 0. The van der Waals surface area contributed by atoms with Gasteiger partial charge in [-0.05, 0) is 36.2 Å². The zero-order valence-electron chi connectivity index (χ0n) is 12.5. The van der Waals surface area contributed by atoms with Crippen molar-refractivity contribution in [3.63, 3.8) is 0 Å². The smallest absolute Gasteiger partial charge is 0.119 e. The molecule has 0 bridgehead atoms. The number of methoxy groups -OCH3 is 1. The van der Waals surface area contributed by atoms with Crippen molar-refractivity contribution in [2.24, 2.45) is 5.73 Å². The first kappa shape index (κ1) is 13.7. The van der Waals surface area contributed by atoms with Gasteiger partial charge in [-0.1, -0.05) is 30.3 Å². The number of benzene rings is 2. The highest BCUT2D eigenvalue weighted by molar-refractivity contribution is 5.87. The van der Waals surface area contributed by atoms with Gasteiger partial charge >= 0.3 is 0 Å². The molecule has 0 saturated heterocycles. The highest BCUT2D eigenvalue weighted by Gasteiger charge is 2.13. The fourth-order valence-electron chi connectivity index (χ4n) is 2.89. The van der Waals surface area contributed by atoms with Gasteiger partial charge < -0.3 is 15.0 Å². The molecule has 2 N–H and O–H groups in total. The minimum absolute atomic E-state index is 0.539. The predicted molar refractivity (Wildman–Crippen MR) is 86.7 cm³/mol. The van der Waals surface area contributed by atoms with Crippen molar-refractivity contribution in [2.45, 2.75) is 20.0 Å². The Morgan fingerprint density at radius 2 is 1.86 bits per heavy atom. The summed E-state index contributed by atoms with van der Waals surface area (Å²) in [6, 6.07) is 16.7. The molecule has 0 atom stereocenters. The second-order valence-corrected chi connectivity index (χ2v) is 5.22. The molecular formula is C18H20N2O. The average molecular weight is 280 g/mol. The van der Waals surface area contributed by atoms with Gasteiger partial charge in [-0.2, -0.15) is 0 Å². The lowest BCUT2D eigenvalue weighted by molar-refractivity contribution is 0.415. The summed E-state index contributed by atoms with van der Waals surface area (Å²) >= 11 is 0. The van der Waals surface area contributed by atoms with Crippen LogP contribution in [0.4, 0.5) is 0 Å². The van der Waals surface area contributed by atoms with Gasteiger partial charge in [0.2, 0.25) is 0 Å². The summed E-state index contributed by atoms with van der Waals surface area (Å²) in [7, 11) is 1.69. The van der Waals surface area contributed by atoms with E-state index in [1.807, 2.05) is 12.1 Å². The Morgan fingerprint density at radius 3 is 2.52 bits per heavy atom. The Labute approximate surface area is 125 Å². The monoisotopic (exact) mass is 280 g/mol.